The molecule has 0 bridgehead atoms. The third-order valence-electron chi connectivity index (χ3n) is 1.81. The molecule has 2 nitrogen and oxygen atoms in total. The first kappa shape index (κ1) is 9.08. The quantitative estimate of drug-likeness (QED) is 0.822. The Bertz CT molecular complexity index is 452. The predicted molar refractivity (Wildman–Crippen MR) is 65.5 cm³/mol. The maximum atomic E-state index is 5.71. The summed E-state index contributed by atoms with van der Waals surface area (Å²) in [5, 5.41) is 2.00. The summed E-state index contributed by atoms with van der Waals surface area (Å²) in [4.78, 5) is 0. The first-order chi connectivity index (χ1) is 6.20. The van der Waals surface area contributed by atoms with Crippen molar-refractivity contribution < 1.29 is 4.74 Å². The monoisotopic (exact) mass is 305 g/mol. The molecule has 2 rings (SSSR count). The summed E-state index contributed by atoms with van der Waals surface area (Å²) in [6.07, 6.45) is 0. The highest BCUT2D eigenvalue weighted by molar-refractivity contribution is 14.1. The van der Waals surface area contributed by atoms with Crippen molar-refractivity contribution in [3.63, 3.8) is 0 Å². The third kappa shape index (κ3) is 1.60. The number of nitrogen functional groups attached to an aromatic ring is 1. The number of ether oxygens (including phenoxy) is 1. The minimum absolute atomic E-state index is 0.846. The standard InChI is InChI=1S/C9H8INOS/c1-12-7-2-5-3-9(11)13-8(5)4-6(7)10/h2-4H,11H2,1H3. The van der Waals surface area contributed by atoms with Gasteiger partial charge in [-0.05, 0) is 46.2 Å². The lowest BCUT2D eigenvalue weighted by Gasteiger charge is -2.01. The van der Waals surface area contributed by atoms with E-state index in [-0.39, 0.29) is 0 Å². The molecule has 2 aromatic rings. The molecule has 0 aliphatic heterocycles. The fourth-order valence-corrected chi connectivity index (χ4v) is 2.97. The van der Waals surface area contributed by atoms with Crippen molar-refractivity contribution >= 4 is 49.0 Å². The molecule has 1 aromatic heterocycles. The van der Waals surface area contributed by atoms with E-state index in [0.29, 0.717) is 0 Å². The van der Waals surface area contributed by atoms with E-state index in [1.165, 1.54) is 4.70 Å². The van der Waals surface area contributed by atoms with E-state index in [2.05, 4.69) is 28.7 Å². The molecule has 0 saturated carbocycles. The second-order valence-electron chi connectivity index (χ2n) is 2.67. The molecule has 0 atom stereocenters. The molecule has 1 aromatic carbocycles. The Kier molecular flexibility index (Phi) is 2.33. The van der Waals surface area contributed by atoms with Gasteiger partial charge in [-0.25, -0.2) is 0 Å². The smallest absolute Gasteiger partial charge is 0.132 e. The van der Waals surface area contributed by atoms with Gasteiger partial charge < -0.3 is 10.5 Å². The highest BCUT2D eigenvalue weighted by Crippen LogP contribution is 2.33. The van der Waals surface area contributed by atoms with Crippen LogP contribution in [0.1, 0.15) is 0 Å². The van der Waals surface area contributed by atoms with E-state index < -0.39 is 0 Å². The number of fused-ring (bicyclic) bond motifs is 1. The molecule has 0 fully saturated rings. The SMILES string of the molecule is COc1cc2cc(N)sc2cc1I. The van der Waals surface area contributed by atoms with Gasteiger partial charge >= 0.3 is 0 Å². The fraction of sp³-hybridized carbons (Fsp3) is 0.111. The van der Waals surface area contributed by atoms with Crippen LogP contribution < -0.4 is 10.5 Å². The Labute approximate surface area is 93.8 Å². The van der Waals surface area contributed by atoms with Crippen molar-refractivity contribution in [2.24, 2.45) is 0 Å². The Morgan fingerprint density at radius 2 is 2.15 bits per heavy atom. The number of methoxy groups -OCH3 is 1. The van der Waals surface area contributed by atoms with Gasteiger partial charge in [0.15, 0.2) is 0 Å². The molecule has 0 amide bonds. The van der Waals surface area contributed by atoms with Crippen LogP contribution in [0.4, 0.5) is 5.00 Å². The molecule has 0 aliphatic carbocycles. The molecule has 4 heteroatoms. The first-order valence-corrected chi connectivity index (χ1v) is 5.63. The number of nitrogens with two attached hydrogens (primary N) is 1. The van der Waals surface area contributed by atoms with Gasteiger partial charge in [0, 0.05) is 4.70 Å². The zero-order valence-electron chi connectivity index (χ0n) is 7.00. The van der Waals surface area contributed by atoms with Crippen LogP contribution in [0, 0.1) is 3.57 Å². The molecule has 68 valence electrons. The summed E-state index contributed by atoms with van der Waals surface area (Å²) in [5.74, 6) is 0.908. The number of halogens is 1. The number of rotatable bonds is 1. The van der Waals surface area contributed by atoms with E-state index in [4.69, 9.17) is 10.5 Å². The molecule has 0 aliphatic rings. The molecule has 1 heterocycles. The molecule has 0 unspecified atom stereocenters. The van der Waals surface area contributed by atoms with Gasteiger partial charge in [0.1, 0.15) is 5.75 Å². The second kappa shape index (κ2) is 3.34. The van der Waals surface area contributed by atoms with Gasteiger partial charge in [0.2, 0.25) is 0 Å². The number of anilines is 1. The second-order valence-corrected chi connectivity index (χ2v) is 4.95. The Morgan fingerprint density at radius 3 is 2.85 bits per heavy atom. The van der Waals surface area contributed by atoms with Gasteiger partial charge in [-0.15, -0.1) is 11.3 Å². The third-order valence-corrected chi connectivity index (χ3v) is 3.58. The minimum Gasteiger partial charge on any atom is -0.496 e. The summed E-state index contributed by atoms with van der Waals surface area (Å²) in [6, 6.07) is 6.08. The van der Waals surface area contributed by atoms with Crippen LogP contribution in [0.25, 0.3) is 10.1 Å². The van der Waals surface area contributed by atoms with E-state index in [1.807, 2.05) is 12.1 Å². The lowest BCUT2D eigenvalue weighted by molar-refractivity contribution is 0.412. The van der Waals surface area contributed by atoms with Crippen LogP contribution in [0.5, 0.6) is 5.75 Å². The zero-order valence-corrected chi connectivity index (χ0v) is 9.98. The van der Waals surface area contributed by atoms with Crippen LogP contribution in [-0.4, -0.2) is 7.11 Å². The lowest BCUT2D eigenvalue weighted by atomic mass is 10.2. The summed E-state index contributed by atoms with van der Waals surface area (Å²) in [6.45, 7) is 0. The number of thiophene rings is 1. The molecule has 2 N–H and O–H groups in total. The molecular weight excluding hydrogens is 297 g/mol. The van der Waals surface area contributed by atoms with E-state index in [0.717, 1.165) is 19.7 Å². The van der Waals surface area contributed by atoms with Crippen molar-refractivity contribution in [3.8, 4) is 5.75 Å². The van der Waals surface area contributed by atoms with Crippen LogP contribution in [-0.2, 0) is 0 Å². The Balaban J connectivity index is 2.72. The van der Waals surface area contributed by atoms with Crippen LogP contribution in [0.15, 0.2) is 18.2 Å². The van der Waals surface area contributed by atoms with E-state index in [9.17, 15) is 0 Å². The van der Waals surface area contributed by atoms with Crippen molar-refractivity contribution in [2.75, 3.05) is 12.8 Å². The number of benzene rings is 1. The van der Waals surface area contributed by atoms with Crippen molar-refractivity contribution in [1.82, 2.24) is 0 Å². The molecule has 0 saturated heterocycles. The molecule has 0 spiro atoms. The van der Waals surface area contributed by atoms with Gasteiger partial charge in [-0.2, -0.15) is 0 Å². The minimum atomic E-state index is 0.846. The maximum Gasteiger partial charge on any atom is 0.132 e. The summed E-state index contributed by atoms with van der Waals surface area (Å²) < 4.78 is 7.55. The van der Waals surface area contributed by atoms with Crippen LogP contribution in [0.3, 0.4) is 0 Å². The van der Waals surface area contributed by atoms with Gasteiger partial charge in [0.25, 0.3) is 0 Å². The Morgan fingerprint density at radius 1 is 1.38 bits per heavy atom. The predicted octanol–water partition coefficient (Wildman–Crippen LogP) is 3.10. The van der Waals surface area contributed by atoms with Crippen LogP contribution in [0.2, 0.25) is 0 Å². The average Bonchev–Trinajstić information content (AvgIpc) is 2.42. The van der Waals surface area contributed by atoms with Crippen molar-refractivity contribution in [2.45, 2.75) is 0 Å². The summed E-state index contributed by atoms with van der Waals surface area (Å²) in [7, 11) is 1.68. The molecule has 13 heavy (non-hydrogen) atoms. The first-order valence-electron chi connectivity index (χ1n) is 3.73. The van der Waals surface area contributed by atoms with E-state index in [1.54, 1.807) is 18.4 Å². The maximum absolute atomic E-state index is 5.71. The van der Waals surface area contributed by atoms with Crippen LogP contribution >= 0.6 is 33.9 Å². The summed E-state index contributed by atoms with van der Waals surface area (Å²) in [5.41, 5.74) is 5.71. The van der Waals surface area contributed by atoms with Crippen molar-refractivity contribution in [1.29, 1.82) is 0 Å². The highest BCUT2D eigenvalue weighted by Gasteiger charge is 2.04. The average molecular weight is 305 g/mol. The normalized spacial score (nSPS) is 10.6. The number of hydrogen-bond acceptors (Lipinski definition) is 3. The molecular formula is C9H8INOS. The van der Waals surface area contributed by atoms with Gasteiger partial charge in [0.05, 0.1) is 15.7 Å². The highest BCUT2D eigenvalue weighted by atomic mass is 127. The summed E-state index contributed by atoms with van der Waals surface area (Å²) >= 11 is 3.86. The topological polar surface area (TPSA) is 35.2 Å². The fourth-order valence-electron chi connectivity index (χ4n) is 1.22. The largest absolute Gasteiger partial charge is 0.496 e. The van der Waals surface area contributed by atoms with Gasteiger partial charge in [-0.3, -0.25) is 0 Å². The van der Waals surface area contributed by atoms with E-state index >= 15 is 0 Å². The Hall–Kier alpha value is -0.490. The lowest BCUT2D eigenvalue weighted by Crippen LogP contribution is -1.85. The number of hydrogen-bond donors (Lipinski definition) is 1. The van der Waals surface area contributed by atoms with Crippen molar-refractivity contribution in [3.05, 3.63) is 21.8 Å². The molecule has 0 radical (unpaired) electrons. The van der Waals surface area contributed by atoms with Gasteiger partial charge in [-0.1, -0.05) is 0 Å². The zero-order chi connectivity index (χ0) is 9.42.